The molecule has 0 aliphatic heterocycles. The number of unbranched alkanes of at least 4 members (excludes halogenated alkanes) is 24. The van der Waals surface area contributed by atoms with Crippen LogP contribution < -0.4 is 4.57 Å². The van der Waals surface area contributed by atoms with Gasteiger partial charge in [0.05, 0.1) is 12.5 Å². The summed E-state index contributed by atoms with van der Waals surface area (Å²) in [5, 5.41) is 0. The van der Waals surface area contributed by atoms with Crippen molar-refractivity contribution >= 4 is 0 Å². The monoisotopic (exact) mass is 532 g/mol. The van der Waals surface area contributed by atoms with E-state index < -0.39 is 0 Å². The lowest BCUT2D eigenvalue weighted by Gasteiger charge is -2.14. The molecule has 0 aliphatic rings. The predicted molar refractivity (Wildman–Crippen MR) is 170 cm³/mol. The minimum atomic E-state index is 0.728. The molecule has 0 spiro atoms. The normalized spacial score (nSPS) is 12.4. The van der Waals surface area contributed by atoms with Crippen LogP contribution in [0.3, 0.4) is 0 Å². The Bertz CT molecular complexity index is 578. The van der Waals surface area contributed by atoms with Gasteiger partial charge in [-0.1, -0.05) is 181 Å². The Morgan fingerprint density at radius 2 is 0.789 bits per heavy atom. The Morgan fingerprint density at radius 1 is 0.474 bits per heavy atom. The van der Waals surface area contributed by atoms with E-state index in [4.69, 9.17) is 0 Å². The Morgan fingerprint density at radius 3 is 1.11 bits per heavy atom. The average molecular weight is 532 g/mol. The number of H-pyrrole nitrogens is 1. The fraction of sp³-hybridized carbons (Fsp3) is 0.917. The Kier molecular flexibility index (Phi) is 25.7. The Balaban J connectivity index is 2.04. The predicted octanol–water partition coefficient (Wildman–Crippen LogP) is 12.4. The minimum absolute atomic E-state index is 0.728. The first kappa shape index (κ1) is 35.2. The van der Waals surface area contributed by atoms with Crippen LogP contribution in [0.15, 0.2) is 12.4 Å². The molecule has 1 rings (SSSR count). The summed E-state index contributed by atoms with van der Waals surface area (Å²) in [5.41, 5.74) is 0. The summed E-state index contributed by atoms with van der Waals surface area (Å²) in [6.07, 6.45) is 44.7. The molecule has 1 N–H and O–H groups in total. The van der Waals surface area contributed by atoms with Crippen molar-refractivity contribution in [2.75, 3.05) is 0 Å². The zero-order valence-electron chi connectivity index (χ0n) is 26.7. The van der Waals surface area contributed by atoms with Gasteiger partial charge in [0.1, 0.15) is 12.4 Å². The second-order valence-corrected chi connectivity index (χ2v) is 12.4. The number of nitrogens with one attached hydrogen (secondary N) is 1. The summed E-state index contributed by atoms with van der Waals surface area (Å²) in [6, 6.07) is 0. The summed E-state index contributed by atoms with van der Waals surface area (Å²) in [7, 11) is 0. The van der Waals surface area contributed by atoms with Crippen molar-refractivity contribution in [1.82, 2.24) is 4.98 Å². The molecule has 0 saturated carbocycles. The van der Waals surface area contributed by atoms with Gasteiger partial charge in [0.15, 0.2) is 0 Å². The molecule has 1 aromatic heterocycles. The second kappa shape index (κ2) is 27.8. The number of aromatic nitrogens is 2. The van der Waals surface area contributed by atoms with Crippen LogP contribution in [0, 0.1) is 0 Å². The van der Waals surface area contributed by atoms with Crippen molar-refractivity contribution in [3.8, 4) is 0 Å². The molecule has 0 unspecified atom stereocenters. The van der Waals surface area contributed by atoms with Crippen LogP contribution in [-0.2, 0) is 6.54 Å². The van der Waals surface area contributed by atoms with Crippen LogP contribution in [0.25, 0.3) is 0 Å². The van der Waals surface area contributed by atoms with E-state index in [-0.39, 0.29) is 0 Å². The van der Waals surface area contributed by atoms with Crippen molar-refractivity contribution in [1.29, 1.82) is 0 Å². The van der Waals surface area contributed by atoms with Crippen LogP contribution in [-0.4, -0.2) is 4.98 Å². The molecule has 0 aliphatic carbocycles. The van der Waals surface area contributed by atoms with Crippen molar-refractivity contribution in [2.24, 2.45) is 0 Å². The fourth-order valence-electron chi connectivity index (χ4n) is 6.24. The molecule has 0 bridgehead atoms. The lowest BCUT2D eigenvalue weighted by Crippen LogP contribution is -2.36. The zero-order chi connectivity index (χ0) is 27.4. The van der Waals surface area contributed by atoms with Crippen LogP contribution in [0.1, 0.15) is 212 Å². The maximum Gasteiger partial charge on any atom is 0.257 e. The van der Waals surface area contributed by atoms with Gasteiger partial charge in [-0.25, -0.2) is 9.55 Å². The van der Waals surface area contributed by atoms with E-state index in [9.17, 15) is 0 Å². The average Bonchev–Trinajstić information content (AvgIpc) is 3.41. The van der Waals surface area contributed by atoms with Crippen molar-refractivity contribution in [3.05, 3.63) is 18.2 Å². The summed E-state index contributed by atoms with van der Waals surface area (Å²) >= 11 is 0. The van der Waals surface area contributed by atoms with E-state index in [1.165, 1.54) is 186 Å². The molecule has 38 heavy (non-hydrogen) atoms. The zero-order valence-corrected chi connectivity index (χ0v) is 26.7. The molecule has 1 heterocycles. The van der Waals surface area contributed by atoms with E-state index in [1.54, 1.807) is 0 Å². The summed E-state index contributed by atoms with van der Waals surface area (Å²) < 4.78 is 2.45. The topological polar surface area (TPSA) is 19.7 Å². The standard InChI is InChI=1S/C36H70N2/c1-4-7-9-11-13-15-16-17-18-19-20-21-22-24-26-28-30-32-35(36-37-33-34-38(36)6-3)31-29-27-25-23-14-12-10-8-5-2/h33-35H,4-32H2,1-3H3/p+1/t35-/m0/s1. The largest absolute Gasteiger partial charge is 0.257 e. The van der Waals surface area contributed by atoms with Gasteiger partial charge < -0.3 is 0 Å². The van der Waals surface area contributed by atoms with E-state index in [0.717, 1.165) is 12.5 Å². The number of hydrogen-bond acceptors (Lipinski definition) is 0. The molecule has 0 radical (unpaired) electrons. The second-order valence-electron chi connectivity index (χ2n) is 12.4. The third-order valence-electron chi connectivity index (χ3n) is 8.83. The molecule has 0 aromatic carbocycles. The number of aromatic amines is 1. The molecular formula is C36H71N2+. The number of aryl methyl sites for hydroxylation is 1. The highest BCUT2D eigenvalue weighted by molar-refractivity contribution is 4.90. The van der Waals surface area contributed by atoms with E-state index in [2.05, 4.69) is 42.7 Å². The first-order valence-electron chi connectivity index (χ1n) is 17.9. The summed E-state index contributed by atoms with van der Waals surface area (Å²) in [6.45, 7) is 7.99. The van der Waals surface area contributed by atoms with Crippen LogP contribution >= 0.6 is 0 Å². The van der Waals surface area contributed by atoms with Gasteiger partial charge >= 0.3 is 0 Å². The van der Waals surface area contributed by atoms with E-state index >= 15 is 0 Å². The molecule has 2 heteroatoms. The molecular weight excluding hydrogens is 460 g/mol. The van der Waals surface area contributed by atoms with Gasteiger partial charge in [0.25, 0.3) is 5.82 Å². The van der Waals surface area contributed by atoms with Gasteiger partial charge in [-0.3, -0.25) is 0 Å². The fourth-order valence-corrected chi connectivity index (χ4v) is 6.24. The lowest BCUT2D eigenvalue weighted by atomic mass is 9.93. The number of rotatable bonds is 30. The van der Waals surface area contributed by atoms with Gasteiger partial charge in [-0.05, 0) is 19.8 Å². The first-order valence-corrected chi connectivity index (χ1v) is 17.9. The SMILES string of the molecule is CCCCCCCCCCCCCCCCCCC[C@H](CCCCCCCCCCC)c1[nH]cc[n+]1CC. The first-order chi connectivity index (χ1) is 18.8. The highest BCUT2D eigenvalue weighted by Gasteiger charge is 2.21. The number of imidazole rings is 1. The van der Waals surface area contributed by atoms with Gasteiger partial charge in [0, 0.05) is 0 Å². The maximum atomic E-state index is 3.61. The minimum Gasteiger partial charge on any atom is -0.247 e. The van der Waals surface area contributed by atoms with Gasteiger partial charge in [-0.2, -0.15) is 0 Å². The molecule has 0 amide bonds. The van der Waals surface area contributed by atoms with Crippen LogP contribution in [0.4, 0.5) is 0 Å². The summed E-state index contributed by atoms with van der Waals surface area (Å²) in [5.74, 6) is 2.22. The highest BCUT2D eigenvalue weighted by Crippen LogP contribution is 2.26. The Hall–Kier alpha value is -0.790. The molecule has 224 valence electrons. The summed E-state index contributed by atoms with van der Waals surface area (Å²) in [4.78, 5) is 3.61. The van der Waals surface area contributed by atoms with Gasteiger partial charge in [-0.15, -0.1) is 0 Å². The van der Waals surface area contributed by atoms with Crippen molar-refractivity contribution < 1.29 is 4.57 Å². The number of nitrogens with zero attached hydrogens (tertiary/aromatic N) is 1. The molecule has 0 saturated heterocycles. The molecule has 1 atom stereocenters. The van der Waals surface area contributed by atoms with Crippen LogP contribution in [0.5, 0.6) is 0 Å². The Labute approximate surface area is 240 Å². The molecule has 2 nitrogen and oxygen atoms in total. The molecule has 0 fully saturated rings. The third-order valence-corrected chi connectivity index (χ3v) is 8.83. The number of hydrogen-bond donors (Lipinski definition) is 1. The van der Waals surface area contributed by atoms with Crippen molar-refractivity contribution in [2.45, 2.75) is 213 Å². The quantitative estimate of drug-likeness (QED) is 0.0752. The smallest absolute Gasteiger partial charge is 0.247 e. The third kappa shape index (κ3) is 20.2. The van der Waals surface area contributed by atoms with E-state index in [0.29, 0.717) is 0 Å². The van der Waals surface area contributed by atoms with Gasteiger partial charge in [0.2, 0.25) is 0 Å². The van der Waals surface area contributed by atoms with E-state index in [1.807, 2.05) is 0 Å². The molecule has 1 aromatic rings. The maximum absolute atomic E-state index is 3.61. The highest BCUT2D eigenvalue weighted by atomic mass is 15.1. The van der Waals surface area contributed by atoms with Crippen molar-refractivity contribution in [3.63, 3.8) is 0 Å². The lowest BCUT2D eigenvalue weighted by molar-refractivity contribution is -0.701. The van der Waals surface area contributed by atoms with Crippen LogP contribution in [0.2, 0.25) is 0 Å².